The molecule has 0 spiro atoms. The van der Waals surface area contributed by atoms with Crippen LogP contribution in [0.1, 0.15) is 28.9 Å². The first-order valence-electron chi connectivity index (χ1n) is 6.02. The summed E-state index contributed by atoms with van der Waals surface area (Å²) in [6.07, 6.45) is -0.723. The second-order valence-electron chi connectivity index (χ2n) is 4.34. The summed E-state index contributed by atoms with van der Waals surface area (Å²) < 4.78 is 14.3. The number of amides is 1. The number of hydrogen-bond acceptors (Lipinski definition) is 2. The lowest BCUT2D eigenvalue weighted by molar-refractivity contribution is 0.102. The van der Waals surface area contributed by atoms with Crippen molar-refractivity contribution < 1.29 is 14.3 Å². The van der Waals surface area contributed by atoms with E-state index in [1.165, 1.54) is 18.2 Å². The maximum atomic E-state index is 13.7. The zero-order valence-electron chi connectivity index (χ0n) is 10.7. The lowest BCUT2D eigenvalue weighted by atomic mass is 10.1. The number of para-hydroxylation sites is 1. The van der Waals surface area contributed by atoms with E-state index >= 15 is 0 Å². The van der Waals surface area contributed by atoms with E-state index in [1.54, 1.807) is 31.2 Å². The van der Waals surface area contributed by atoms with Gasteiger partial charge in [-0.3, -0.25) is 4.79 Å². The van der Waals surface area contributed by atoms with Gasteiger partial charge >= 0.3 is 0 Å². The van der Waals surface area contributed by atoms with Crippen LogP contribution in [0.5, 0.6) is 0 Å². The molecule has 0 fully saturated rings. The molecule has 0 radical (unpaired) electrons. The second-order valence-corrected chi connectivity index (χ2v) is 5.26. The second kappa shape index (κ2) is 6.15. The van der Waals surface area contributed by atoms with Gasteiger partial charge in [-0.25, -0.2) is 4.39 Å². The van der Waals surface area contributed by atoms with E-state index in [2.05, 4.69) is 21.2 Å². The molecule has 104 valence electrons. The fourth-order valence-electron chi connectivity index (χ4n) is 1.84. The number of rotatable bonds is 3. The minimum Gasteiger partial charge on any atom is -0.389 e. The van der Waals surface area contributed by atoms with Crippen LogP contribution in [0.15, 0.2) is 46.9 Å². The normalized spacial score (nSPS) is 12.0. The number of aliphatic hydroxyl groups excluding tert-OH is 1. The molecule has 0 aromatic heterocycles. The van der Waals surface area contributed by atoms with Crippen molar-refractivity contribution in [2.75, 3.05) is 5.32 Å². The zero-order valence-corrected chi connectivity index (χ0v) is 12.3. The minimum absolute atomic E-state index is 0.0558. The highest BCUT2D eigenvalue weighted by molar-refractivity contribution is 9.10. The maximum Gasteiger partial charge on any atom is 0.258 e. The molecule has 2 N–H and O–H groups in total. The molecule has 20 heavy (non-hydrogen) atoms. The monoisotopic (exact) mass is 337 g/mol. The third kappa shape index (κ3) is 3.23. The molecule has 2 aromatic rings. The fourth-order valence-corrected chi connectivity index (χ4v) is 2.20. The molecule has 0 heterocycles. The Morgan fingerprint density at radius 1 is 1.30 bits per heavy atom. The van der Waals surface area contributed by atoms with Gasteiger partial charge in [-0.2, -0.15) is 0 Å². The van der Waals surface area contributed by atoms with Crippen LogP contribution in [0.25, 0.3) is 0 Å². The van der Waals surface area contributed by atoms with Crippen molar-refractivity contribution in [2.45, 2.75) is 13.0 Å². The Balaban J connectivity index is 2.31. The highest BCUT2D eigenvalue weighted by atomic mass is 79.9. The Morgan fingerprint density at radius 2 is 2.00 bits per heavy atom. The van der Waals surface area contributed by atoms with Crippen LogP contribution in [-0.2, 0) is 0 Å². The first-order chi connectivity index (χ1) is 9.49. The van der Waals surface area contributed by atoms with Crippen LogP contribution < -0.4 is 5.32 Å². The third-order valence-corrected chi connectivity index (χ3v) is 3.33. The first-order valence-corrected chi connectivity index (χ1v) is 6.81. The van der Waals surface area contributed by atoms with Gasteiger partial charge in [0.15, 0.2) is 0 Å². The van der Waals surface area contributed by atoms with Crippen LogP contribution in [0.2, 0.25) is 0 Å². The van der Waals surface area contributed by atoms with Crippen molar-refractivity contribution in [1.82, 2.24) is 0 Å². The van der Waals surface area contributed by atoms with Crippen LogP contribution in [-0.4, -0.2) is 11.0 Å². The zero-order chi connectivity index (χ0) is 14.7. The summed E-state index contributed by atoms with van der Waals surface area (Å²) in [7, 11) is 0. The smallest absolute Gasteiger partial charge is 0.258 e. The van der Waals surface area contributed by atoms with Crippen molar-refractivity contribution in [2.24, 2.45) is 0 Å². The third-order valence-electron chi connectivity index (χ3n) is 2.83. The maximum absolute atomic E-state index is 13.7. The van der Waals surface area contributed by atoms with Gasteiger partial charge in [0.25, 0.3) is 5.91 Å². The number of carbonyl (C=O) groups is 1. The molecule has 1 unspecified atom stereocenters. The standard InChI is InChI=1S/C15H13BrFNO2/c1-9(19)11-4-2-3-5-14(11)18-15(20)12-8-10(16)6-7-13(12)17/h2-9,19H,1H3,(H,18,20). The summed E-state index contributed by atoms with van der Waals surface area (Å²) in [4.78, 5) is 12.1. The van der Waals surface area contributed by atoms with Gasteiger partial charge in [-0.15, -0.1) is 0 Å². The van der Waals surface area contributed by atoms with Crippen molar-refractivity contribution in [3.63, 3.8) is 0 Å². The lowest BCUT2D eigenvalue weighted by Gasteiger charge is -2.13. The molecular formula is C15H13BrFNO2. The van der Waals surface area contributed by atoms with Crippen LogP contribution >= 0.6 is 15.9 Å². The van der Waals surface area contributed by atoms with Gasteiger partial charge in [0.2, 0.25) is 0 Å². The van der Waals surface area contributed by atoms with E-state index in [0.29, 0.717) is 15.7 Å². The molecule has 0 saturated heterocycles. The van der Waals surface area contributed by atoms with Crippen molar-refractivity contribution in [3.05, 3.63) is 63.9 Å². The molecular weight excluding hydrogens is 325 g/mol. The Labute approximate surface area is 124 Å². The largest absolute Gasteiger partial charge is 0.389 e. The predicted octanol–water partition coefficient (Wildman–Crippen LogP) is 3.89. The molecule has 0 aliphatic heterocycles. The van der Waals surface area contributed by atoms with Gasteiger partial charge in [-0.05, 0) is 31.2 Å². The van der Waals surface area contributed by atoms with E-state index in [-0.39, 0.29) is 5.56 Å². The predicted molar refractivity (Wildman–Crippen MR) is 79.1 cm³/mol. The van der Waals surface area contributed by atoms with Crippen LogP contribution in [0.4, 0.5) is 10.1 Å². The van der Waals surface area contributed by atoms with E-state index in [0.717, 1.165) is 0 Å². The SMILES string of the molecule is CC(O)c1ccccc1NC(=O)c1cc(Br)ccc1F. The lowest BCUT2D eigenvalue weighted by Crippen LogP contribution is -2.15. The van der Waals surface area contributed by atoms with Gasteiger partial charge < -0.3 is 10.4 Å². The molecule has 1 amide bonds. The molecule has 0 bridgehead atoms. The Bertz CT molecular complexity index is 644. The summed E-state index contributed by atoms with van der Waals surface area (Å²) in [5.74, 6) is -1.16. The van der Waals surface area contributed by atoms with Gasteiger partial charge in [0.05, 0.1) is 11.7 Å². The van der Waals surface area contributed by atoms with Crippen molar-refractivity contribution in [1.29, 1.82) is 0 Å². The summed E-state index contributed by atoms with van der Waals surface area (Å²) in [5, 5.41) is 12.3. The van der Waals surface area contributed by atoms with Crippen LogP contribution in [0, 0.1) is 5.82 Å². The quantitative estimate of drug-likeness (QED) is 0.892. The van der Waals surface area contributed by atoms with E-state index in [4.69, 9.17) is 0 Å². The molecule has 0 saturated carbocycles. The topological polar surface area (TPSA) is 49.3 Å². The molecule has 1 atom stereocenters. The molecule has 2 aromatic carbocycles. The number of aliphatic hydroxyl groups is 1. The Kier molecular flexibility index (Phi) is 4.52. The number of benzene rings is 2. The van der Waals surface area contributed by atoms with Gasteiger partial charge in [0.1, 0.15) is 5.82 Å². The van der Waals surface area contributed by atoms with Gasteiger partial charge in [-0.1, -0.05) is 34.1 Å². The van der Waals surface area contributed by atoms with Crippen LogP contribution in [0.3, 0.4) is 0 Å². The van der Waals surface area contributed by atoms with Gasteiger partial charge in [0, 0.05) is 15.7 Å². The summed E-state index contributed by atoms with van der Waals surface area (Å²) in [6.45, 7) is 1.60. The number of nitrogens with one attached hydrogen (secondary N) is 1. The van der Waals surface area contributed by atoms with Crippen molar-refractivity contribution in [3.8, 4) is 0 Å². The summed E-state index contributed by atoms with van der Waals surface area (Å²) >= 11 is 3.20. The molecule has 3 nitrogen and oxygen atoms in total. The highest BCUT2D eigenvalue weighted by Crippen LogP contribution is 2.23. The highest BCUT2D eigenvalue weighted by Gasteiger charge is 2.15. The minimum atomic E-state index is -0.723. The summed E-state index contributed by atoms with van der Waals surface area (Å²) in [5.41, 5.74) is 0.989. The Hall–Kier alpha value is -1.72. The number of carbonyl (C=O) groups excluding carboxylic acids is 1. The average molecular weight is 338 g/mol. The molecule has 0 aliphatic carbocycles. The summed E-state index contributed by atoms with van der Waals surface area (Å²) in [6, 6.07) is 11.0. The molecule has 5 heteroatoms. The fraction of sp³-hybridized carbons (Fsp3) is 0.133. The van der Waals surface area contributed by atoms with E-state index in [1.807, 2.05) is 0 Å². The molecule has 0 aliphatic rings. The first kappa shape index (κ1) is 14.7. The van der Waals surface area contributed by atoms with Crippen molar-refractivity contribution >= 4 is 27.5 Å². The molecule has 2 rings (SSSR count). The Morgan fingerprint density at radius 3 is 2.70 bits per heavy atom. The number of anilines is 1. The number of hydrogen-bond donors (Lipinski definition) is 2. The number of halogens is 2. The van der Waals surface area contributed by atoms with E-state index in [9.17, 15) is 14.3 Å². The average Bonchev–Trinajstić information content (AvgIpc) is 2.41. The van der Waals surface area contributed by atoms with E-state index < -0.39 is 17.8 Å².